The molecule has 0 N–H and O–H groups in total. The Morgan fingerprint density at radius 3 is 2.71 bits per heavy atom. The molecule has 0 aliphatic heterocycles. The van der Waals surface area contributed by atoms with Gasteiger partial charge >= 0.3 is 5.97 Å². The third-order valence-corrected chi connectivity index (χ3v) is 0.312. The fourth-order valence-electron chi connectivity index (χ4n) is 0.149. The second-order valence-electron chi connectivity index (χ2n) is 0.930. The van der Waals surface area contributed by atoms with Crippen molar-refractivity contribution >= 4 is 5.97 Å². The molecular weight excluding hydrogens is 99.0 g/mol. The van der Waals surface area contributed by atoms with E-state index >= 15 is 0 Å². The first kappa shape index (κ1) is 6.40. The molecule has 0 fully saturated rings. The summed E-state index contributed by atoms with van der Waals surface area (Å²) in [7, 11) is 0. The fraction of sp³-hybridized carbons (Fsp3) is 0.500. The molecule has 0 aromatic heterocycles. The number of carbonyl (C=O) groups is 1. The average Bonchev–Trinajstić information content (AvgIpc) is 1.61. The number of ether oxygens (including phenoxy) is 1. The van der Waals surface area contributed by atoms with E-state index in [-0.39, 0.29) is 0 Å². The van der Waals surface area contributed by atoms with Crippen LogP contribution < -0.4 is 0 Å². The zero-order valence-electron chi connectivity index (χ0n) is 3.98. The highest BCUT2D eigenvalue weighted by Crippen LogP contribution is 1.81. The van der Waals surface area contributed by atoms with Gasteiger partial charge in [-0.25, -0.2) is 4.39 Å². The van der Waals surface area contributed by atoms with E-state index in [2.05, 4.69) is 4.74 Å². The van der Waals surface area contributed by atoms with Crippen molar-refractivity contribution in [3.8, 4) is 0 Å². The van der Waals surface area contributed by atoms with Crippen LogP contribution in [0.15, 0.2) is 0 Å². The third-order valence-electron chi connectivity index (χ3n) is 0.312. The van der Waals surface area contributed by atoms with E-state index in [4.69, 9.17) is 0 Å². The Hall–Kier alpha value is -0.600. The molecule has 3 heteroatoms. The van der Waals surface area contributed by atoms with Gasteiger partial charge in [-0.3, -0.25) is 4.79 Å². The summed E-state index contributed by atoms with van der Waals surface area (Å²) in [5.74, 6) is -0.488. The number of carbonyl (C=O) groups excluding carboxylic acids is 1. The van der Waals surface area contributed by atoms with Gasteiger partial charge in [0.25, 0.3) is 0 Å². The largest absolute Gasteiger partial charge is 0.456 e. The minimum Gasteiger partial charge on any atom is -0.456 e. The molecule has 0 aliphatic carbocycles. The lowest BCUT2D eigenvalue weighted by molar-refractivity contribution is -0.137. The highest BCUT2D eigenvalue weighted by atomic mass is 19.1. The Balaban J connectivity index is 2.82. The van der Waals surface area contributed by atoms with Crippen LogP contribution in [0.2, 0.25) is 0 Å². The lowest BCUT2D eigenvalue weighted by atomic mass is 10.7. The van der Waals surface area contributed by atoms with Crippen LogP contribution in [0.1, 0.15) is 6.92 Å². The van der Waals surface area contributed by atoms with E-state index in [9.17, 15) is 9.18 Å². The second-order valence-corrected chi connectivity index (χ2v) is 0.930. The number of alkyl halides is 1. The summed E-state index contributed by atoms with van der Waals surface area (Å²) < 4.78 is 15.1. The van der Waals surface area contributed by atoms with Crippen LogP contribution in [-0.4, -0.2) is 12.6 Å². The normalized spacial score (nSPS) is 8.29. The van der Waals surface area contributed by atoms with Gasteiger partial charge in [-0.2, -0.15) is 0 Å². The van der Waals surface area contributed by atoms with Crippen LogP contribution in [-0.2, 0) is 9.53 Å². The quantitative estimate of drug-likeness (QED) is 0.483. The molecule has 0 atom stereocenters. The van der Waals surface area contributed by atoms with Gasteiger partial charge in [0, 0.05) is 6.92 Å². The summed E-state index contributed by atoms with van der Waals surface area (Å²) in [5.41, 5.74) is 0. The molecule has 0 unspecified atom stereocenters. The molecule has 0 saturated carbocycles. The number of hydrogen-bond acceptors (Lipinski definition) is 2. The molecule has 7 heavy (non-hydrogen) atoms. The maximum Gasteiger partial charge on any atom is 0.303 e. The highest BCUT2D eigenvalue weighted by molar-refractivity contribution is 5.66. The van der Waals surface area contributed by atoms with Gasteiger partial charge in [0.05, 0.1) is 0 Å². The number of esters is 1. The molecular formula is C4H6FO2. The second kappa shape index (κ2) is 3.59. The van der Waals surface area contributed by atoms with Crippen LogP contribution in [0.3, 0.4) is 0 Å². The first-order chi connectivity index (χ1) is 3.27. The summed E-state index contributed by atoms with van der Waals surface area (Å²) >= 11 is 0. The van der Waals surface area contributed by atoms with Crippen LogP contribution in [0.5, 0.6) is 0 Å². The molecule has 0 rings (SSSR count). The van der Waals surface area contributed by atoms with E-state index in [1.54, 1.807) is 0 Å². The van der Waals surface area contributed by atoms with Crippen molar-refractivity contribution < 1.29 is 13.9 Å². The molecule has 0 aromatic rings. The van der Waals surface area contributed by atoms with Gasteiger partial charge in [-0.15, -0.1) is 0 Å². The fourth-order valence-corrected chi connectivity index (χ4v) is 0.149. The lowest BCUT2D eigenvalue weighted by Crippen LogP contribution is -1.95. The third kappa shape index (κ3) is 5.40. The lowest BCUT2D eigenvalue weighted by Gasteiger charge is -1.90. The summed E-state index contributed by atoms with van der Waals surface area (Å²) in [6.45, 7) is 1.30. The number of halogens is 1. The van der Waals surface area contributed by atoms with Crippen molar-refractivity contribution in [3.63, 3.8) is 0 Å². The Bertz CT molecular complexity index is 62.7. The van der Waals surface area contributed by atoms with E-state index < -0.39 is 12.6 Å². The van der Waals surface area contributed by atoms with Crippen molar-refractivity contribution in [1.29, 1.82) is 0 Å². The predicted molar refractivity (Wildman–Crippen MR) is 22.0 cm³/mol. The van der Waals surface area contributed by atoms with Crippen LogP contribution >= 0.6 is 0 Å². The summed E-state index contributed by atoms with van der Waals surface area (Å²) in [5, 5.41) is 0. The van der Waals surface area contributed by atoms with Crippen molar-refractivity contribution in [3.05, 3.63) is 6.61 Å². The average molecular weight is 105 g/mol. The van der Waals surface area contributed by atoms with Gasteiger partial charge in [-0.05, 0) is 0 Å². The predicted octanol–water partition coefficient (Wildman–Crippen LogP) is 0.681. The summed E-state index contributed by atoms with van der Waals surface area (Å²) in [6, 6.07) is 0. The van der Waals surface area contributed by atoms with Gasteiger partial charge in [0.2, 0.25) is 0 Å². The molecule has 0 saturated heterocycles. The zero-order valence-corrected chi connectivity index (χ0v) is 3.98. The molecule has 0 spiro atoms. The van der Waals surface area contributed by atoms with E-state index in [1.807, 2.05) is 0 Å². The molecule has 0 bridgehead atoms. The smallest absolute Gasteiger partial charge is 0.303 e. The van der Waals surface area contributed by atoms with Crippen LogP contribution in [0.25, 0.3) is 0 Å². The molecule has 2 nitrogen and oxygen atoms in total. The minimum atomic E-state index is -0.723. The minimum absolute atomic E-state index is 0.488. The van der Waals surface area contributed by atoms with Crippen molar-refractivity contribution in [2.24, 2.45) is 0 Å². The molecule has 0 aliphatic rings. The molecule has 0 heterocycles. The first-order valence-electron chi connectivity index (χ1n) is 1.82. The highest BCUT2D eigenvalue weighted by Gasteiger charge is 1.88. The maximum absolute atomic E-state index is 11.0. The van der Waals surface area contributed by atoms with E-state index in [1.165, 1.54) is 6.92 Å². The van der Waals surface area contributed by atoms with E-state index in [0.717, 1.165) is 6.61 Å². The molecule has 41 valence electrons. The Labute approximate surface area is 41.3 Å². The van der Waals surface area contributed by atoms with Gasteiger partial charge in [0.15, 0.2) is 6.61 Å². The topological polar surface area (TPSA) is 26.3 Å². The first-order valence-corrected chi connectivity index (χ1v) is 1.82. The van der Waals surface area contributed by atoms with Crippen LogP contribution in [0, 0.1) is 6.61 Å². The SMILES string of the molecule is CC(=O)O[CH]CF. The molecule has 0 aromatic carbocycles. The Kier molecular flexibility index (Phi) is 3.28. The van der Waals surface area contributed by atoms with Crippen molar-refractivity contribution in [2.45, 2.75) is 6.92 Å². The van der Waals surface area contributed by atoms with Crippen LogP contribution in [0.4, 0.5) is 4.39 Å². The summed E-state index contributed by atoms with van der Waals surface area (Å²) in [6.07, 6.45) is 0. The van der Waals surface area contributed by atoms with Gasteiger partial charge in [0.1, 0.15) is 6.67 Å². The Morgan fingerprint density at radius 2 is 2.57 bits per heavy atom. The zero-order chi connectivity index (χ0) is 5.70. The number of hydrogen-bond donors (Lipinski definition) is 0. The van der Waals surface area contributed by atoms with Gasteiger partial charge < -0.3 is 4.74 Å². The van der Waals surface area contributed by atoms with Crippen molar-refractivity contribution in [1.82, 2.24) is 0 Å². The van der Waals surface area contributed by atoms with Gasteiger partial charge in [-0.1, -0.05) is 0 Å². The number of rotatable bonds is 2. The standard InChI is InChI=1S/C4H6FO2/c1-4(6)7-3-2-5/h3H,2H2,1H3. The van der Waals surface area contributed by atoms with E-state index in [0.29, 0.717) is 0 Å². The molecule has 1 radical (unpaired) electrons. The Morgan fingerprint density at radius 1 is 2.00 bits per heavy atom. The maximum atomic E-state index is 11.0. The molecule has 0 amide bonds. The van der Waals surface area contributed by atoms with Crippen molar-refractivity contribution in [2.75, 3.05) is 6.67 Å². The summed E-state index contributed by atoms with van der Waals surface area (Å²) in [4.78, 5) is 9.78. The monoisotopic (exact) mass is 105 g/mol.